The minimum atomic E-state index is -0.193. The molecule has 0 spiro atoms. The lowest BCUT2D eigenvalue weighted by molar-refractivity contribution is 0.0860. The van der Waals surface area contributed by atoms with Gasteiger partial charge in [-0.3, -0.25) is 0 Å². The number of aromatic nitrogens is 2. The van der Waals surface area contributed by atoms with E-state index in [2.05, 4.69) is 20.8 Å². The minimum Gasteiger partial charge on any atom is -0.376 e. The van der Waals surface area contributed by atoms with Crippen LogP contribution in [0.5, 0.6) is 0 Å². The highest BCUT2D eigenvalue weighted by atomic mass is 16.5. The van der Waals surface area contributed by atoms with Gasteiger partial charge in [0.05, 0.1) is 12.1 Å². The number of ether oxygens (including phenoxy) is 1. The fourth-order valence-corrected chi connectivity index (χ4v) is 2.23. The quantitative estimate of drug-likeness (QED) is 0.832. The third-order valence-electron chi connectivity index (χ3n) is 3.51. The van der Waals surface area contributed by atoms with E-state index in [1.165, 1.54) is 0 Å². The van der Waals surface area contributed by atoms with Crippen LogP contribution in [-0.2, 0) is 11.2 Å². The fraction of sp³-hybridized carbons (Fsp3) is 0.786. The van der Waals surface area contributed by atoms with Crippen molar-refractivity contribution in [1.29, 1.82) is 0 Å². The molecule has 0 saturated carbocycles. The van der Waals surface area contributed by atoms with Gasteiger partial charge in [0.1, 0.15) is 0 Å². The van der Waals surface area contributed by atoms with Crippen molar-refractivity contribution in [3.05, 3.63) is 11.7 Å². The SMILES string of the molecule is CC(C)c1noc(CCNC(=O)N[C@@H](C)[C@H]2CCCO2)n1. The normalized spacial score (nSPS) is 19.7. The summed E-state index contributed by atoms with van der Waals surface area (Å²) < 4.78 is 10.7. The molecule has 0 aliphatic carbocycles. The Labute approximate surface area is 124 Å². The zero-order valence-electron chi connectivity index (χ0n) is 12.9. The predicted octanol–water partition coefficient (Wildman–Crippen LogP) is 1.60. The molecular weight excluding hydrogens is 272 g/mol. The molecular formula is C14H24N4O3. The number of rotatable bonds is 6. The smallest absolute Gasteiger partial charge is 0.315 e. The van der Waals surface area contributed by atoms with Crippen molar-refractivity contribution < 1.29 is 14.1 Å². The van der Waals surface area contributed by atoms with Crippen LogP contribution >= 0.6 is 0 Å². The van der Waals surface area contributed by atoms with Crippen molar-refractivity contribution in [1.82, 2.24) is 20.8 Å². The van der Waals surface area contributed by atoms with E-state index in [1.807, 2.05) is 20.8 Å². The van der Waals surface area contributed by atoms with Crippen LogP contribution in [0.2, 0.25) is 0 Å². The lowest BCUT2D eigenvalue weighted by Gasteiger charge is -2.20. The first-order valence-corrected chi connectivity index (χ1v) is 7.54. The number of carbonyl (C=O) groups excluding carboxylic acids is 1. The highest BCUT2D eigenvalue weighted by molar-refractivity contribution is 5.74. The van der Waals surface area contributed by atoms with Gasteiger partial charge in [0.2, 0.25) is 5.89 Å². The Morgan fingerprint density at radius 3 is 2.86 bits per heavy atom. The average molecular weight is 296 g/mol. The summed E-state index contributed by atoms with van der Waals surface area (Å²) in [7, 11) is 0. The Morgan fingerprint density at radius 2 is 2.24 bits per heavy atom. The monoisotopic (exact) mass is 296 g/mol. The van der Waals surface area contributed by atoms with Crippen molar-refractivity contribution in [3.8, 4) is 0 Å². The van der Waals surface area contributed by atoms with Crippen LogP contribution in [0.1, 0.15) is 51.2 Å². The number of nitrogens with zero attached hydrogens (tertiary/aromatic N) is 2. The Hall–Kier alpha value is -1.63. The van der Waals surface area contributed by atoms with E-state index in [0.717, 1.165) is 19.4 Å². The summed E-state index contributed by atoms with van der Waals surface area (Å²) >= 11 is 0. The van der Waals surface area contributed by atoms with Crippen LogP contribution in [-0.4, -0.2) is 41.5 Å². The Balaban J connectivity index is 1.66. The molecule has 2 heterocycles. The van der Waals surface area contributed by atoms with Gasteiger partial charge in [0.25, 0.3) is 0 Å². The summed E-state index contributed by atoms with van der Waals surface area (Å²) in [5, 5.41) is 9.56. The van der Waals surface area contributed by atoms with Gasteiger partial charge >= 0.3 is 6.03 Å². The molecule has 1 saturated heterocycles. The first-order valence-electron chi connectivity index (χ1n) is 7.54. The van der Waals surface area contributed by atoms with Crippen molar-refractivity contribution in [2.24, 2.45) is 0 Å². The molecule has 21 heavy (non-hydrogen) atoms. The Kier molecular flexibility index (Phi) is 5.55. The number of urea groups is 1. The van der Waals surface area contributed by atoms with E-state index in [9.17, 15) is 4.79 Å². The first-order chi connectivity index (χ1) is 10.1. The molecule has 1 aliphatic rings. The van der Waals surface area contributed by atoms with Gasteiger partial charge in [-0.15, -0.1) is 0 Å². The van der Waals surface area contributed by atoms with Crippen LogP contribution in [0, 0.1) is 0 Å². The maximum absolute atomic E-state index is 11.8. The molecule has 2 rings (SSSR count). The van der Waals surface area contributed by atoms with Crippen LogP contribution < -0.4 is 10.6 Å². The number of hydrogen-bond acceptors (Lipinski definition) is 5. The molecule has 0 bridgehead atoms. The van der Waals surface area contributed by atoms with Gasteiger partial charge in [-0.05, 0) is 19.8 Å². The summed E-state index contributed by atoms with van der Waals surface area (Å²) in [4.78, 5) is 16.0. The van der Waals surface area contributed by atoms with Gasteiger partial charge < -0.3 is 19.9 Å². The summed E-state index contributed by atoms with van der Waals surface area (Å²) in [5.41, 5.74) is 0. The van der Waals surface area contributed by atoms with Crippen LogP contribution in [0.15, 0.2) is 4.52 Å². The second kappa shape index (κ2) is 7.40. The van der Waals surface area contributed by atoms with Crippen LogP contribution in [0.25, 0.3) is 0 Å². The van der Waals surface area contributed by atoms with E-state index in [-0.39, 0.29) is 24.1 Å². The summed E-state index contributed by atoms with van der Waals surface area (Å²) in [6.07, 6.45) is 2.72. The summed E-state index contributed by atoms with van der Waals surface area (Å²) in [5.74, 6) is 1.48. The van der Waals surface area contributed by atoms with Gasteiger partial charge in [-0.1, -0.05) is 19.0 Å². The van der Waals surface area contributed by atoms with Crippen LogP contribution in [0.3, 0.4) is 0 Å². The largest absolute Gasteiger partial charge is 0.376 e. The second-order valence-corrected chi connectivity index (χ2v) is 5.69. The first kappa shape index (κ1) is 15.8. The van der Waals surface area contributed by atoms with Crippen molar-refractivity contribution >= 4 is 6.03 Å². The molecule has 1 aliphatic heterocycles. The van der Waals surface area contributed by atoms with Crippen molar-refractivity contribution in [3.63, 3.8) is 0 Å². The lowest BCUT2D eigenvalue weighted by Crippen LogP contribution is -2.46. The molecule has 7 nitrogen and oxygen atoms in total. The zero-order chi connectivity index (χ0) is 15.2. The molecule has 0 radical (unpaired) electrons. The van der Waals surface area contributed by atoms with E-state index in [4.69, 9.17) is 9.26 Å². The standard InChI is InChI=1S/C14H24N4O3/c1-9(2)13-17-12(21-18-13)6-7-15-14(19)16-10(3)11-5-4-8-20-11/h9-11H,4-8H2,1-3H3,(H2,15,16,19)/t10-,11+/m0/s1. The molecule has 1 aromatic heterocycles. The Morgan fingerprint density at radius 1 is 1.43 bits per heavy atom. The molecule has 7 heteroatoms. The molecule has 2 amide bonds. The number of nitrogens with one attached hydrogen (secondary N) is 2. The average Bonchev–Trinajstić information content (AvgIpc) is 3.10. The minimum absolute atomic E-state index is 0.0171. The van der Waals surface area contributed by atoms with Gasteiger partial charge in [-0.25, -0.2) is 4.79 Å². The summed E-state index contributed by atoms with van der Waals surface area (Å²) in [6.45, 7) is 7.22. The zero-order valence-corrected chi connectivity index (χ0v) is 12.9. The third kappa shape index (κ3) is 4.70. The molecule has 2 atom stereocenters. The van der Waals surface area contributed by atoms with E-state index in [1.54, 1.807) is 0 Å². The Bertz CT molecular complexity index is 455. The topological polar surface area (TPSA) is 89.3 Å². The van der Waals surface area contributed by atoms with Gasteiger partial charge in [0.15, 0.2) is 5.82 Å². The van der Waals surface area contributed by atoms with Crippen LogP contribution in [0.4, 0.5) is 4.79 Å². The molecule has 1 aromatic rings. The molecule has 0 aromatic carbocycles. The molecule has 1 fully saturated rings. The highest BCUT2D eigenvalue weighted by Crippen LogP contribution is 2.15. The molecule has 0 unspecified atom stereocenters. The van der Waals surface area contributed by atoms with E-state index >= 15 is 0 Å². The van der Waals surface area contributed by atoms with E-state index in [0.29, 0.717) is 24.7 Å². The number of amides is 2. The maximum atomic E-state index is 11.8. The van der Waals surface area contributed by atoms with E-state index < -0.39 is 0 Å². The maximum Gasteiger partial charge on any atom is 0.315 e. The lowest BCUT2D eigenvalue weighted by atomic mass is 10.1. The van der Waals surface area contributed by atoms with Crippen molar-refractivity contribution in [2.75, 3.05) is 13.2 Å². The molecule has 118 valence electrons. The highest BCUT2D eigenvalue weighted by Gasteiger charge is 2.23. The predicted molar refractivity (Wildman–Crippen MR) is 77.1 cm³/mol. The van der Waals surface area contributed by atoms with Gasteiger partial charge in [0, 0.05) is 25.5 Å². The van der Waals surface area contributed by atoms with Gasteiger partial charge in [-0.2, -0.15) is 4.98 Å². The number of hydrogen-bond donors (Lipinski definition) is 2. The van der Waals surface area contributed by atoms with Crippen molar-refractivity contribution in [2.45, 2.75) is 58.1 Å². The third-order valence-corrected chi connectivity index (χ3v) is 3.51. The fourth-order valence-electron chi connectivity index (χ4n) is 2.23. The summed E-state index contributed by atoms with van der Waals surface area (Å²) in [6, 6.07) is -0.176. The number of carbonyl (C=O) groups is 1. The second-order valence-electron chi connectivity index (χ2n) is 5.69. The molecule has 2 N–H and O–H groups in total.